The summed E-state index contributed by atoms with van der Waals surface area (Å²) in [7, 11) is 2.71. The van der Waals surface area contributed by atoms with Crippen LogP contribution in [0.25, 0.3) is 0 Å². The van der Waals surface area contributed by atoms with E-state index < -0.39 is 0 Å². The summed E-state index contributed by atoms with van der Waals surface area (Å²) in [6, 6.07) is 0. The lowest BCUT2D eigenvalue weighted by molar-refractivity contribution is -0.147. The topological polar surface area (TPSA) is 52.6 Å². The lowest BCUT2D eigenvalue weighted by Gasteiger charge is -2.12. The third-order valence-corrected chi connectivity index (χ3v) is 2.10. The Balaban J connectivity index is 3.96. The molecule has 0 spiro atoms. The second-order valence-electron chi connectivity index (χ2n) is 3.12. The number of esters is 2. The molecular formula is C10H18O4. The van der Waals surface area contributed by atoms with Crippen molar-refractivity contribution < 1.29 is 19.1 Å². The normalized spacial score (nSPS) is 11.9. The molecule has 0 N–H and O–H groups in total. The fraction of sp³-hybridized carbons (Fsp3) is 0.800. The predicted octanol–water partition coefficient (Wildman–Crippen LogP) is 1.53. The van der Waals surface area contributed by atoms with Gasteiger partial charge in [-0.25, -0.2) is 0 Å². The average molecular weight is 202 g/mol. The number of carbonyl (C=O) groups is 2. The third kappa shape index (κ3) is 4.84. The molecule has 0 aromatic heterocycles. The van der Waals surface area contributed by atoms with Gasteiger partial charge in [-0.05, 0) is 12.8 Å². The van der Waals surface area contributed by atoms with Gasteiger partial charge >= 0.3 is 11.9 Å². The van der Waals surface area contributed by atoms with Gasteiger partial charge in [0.25, 0.3) is 0 Å². The lowest BCUT2D eigenvalue weighted by atomic mass is 9.98. The summed E-state index contributed by atoms with van der Waals surface area (Å²) in [4.78, 5) is 22.1. The maximum atomic E-state index is 11.2. The van der Waals surface area contributed by atoms with Crippen molar-refractivity contribution in [2.75, 3.05) is 14.2 Å². The van der Waals surface area contributed by atoms with Crippen LogP contribution in [0, 0.1) is 5.92 Å². The van der Waals surface area contributed by atoms with Crippen LogP contribution in [0.3, 0.4) is 0 Å². The molecule has 0 amide bonds. The first-order valence-corrected chi connectivity index (χ1v) is 4.80. The van der Waals surface area contributed by atoms with E-state index in [0.29, 0.717) is 6.42 Å². The molecule has 0 bridgehead atoms. The minimum atomic E-state index is -0.282. The van der Waals surface area contributed by atoms with Crippen molar-refractivity contribution >= 4 is 11.9 Å². The highest BCUT2D eigenvalue weighted by Gasteiger charge is 2.19. The molecule has 1 unspecified atom stereocenters. The molecule has 0 rings (SSSR count). The second kappa shape index (κ2) is 7.35. The Morgan fingerprint density at radius 2 is 1.79 bits per heavy atom. The Bertz CT molecular complexity index is 189. The Hall–Kier alpha value is -1.06. The highest BCUT2D eigenvalue weighted by Crippen LogP contribution is 2.15. The van der Waals surface area contributed by atoms with Gasteiger partial charge in [0.05, 0.1) is 20.1 Å². The first-order valence-electron chi connectivity index (χ1n) is 4.80. The first kappa shape index (κ1) is 12.9. The first-order chi connectivity index (χ1) is 6.65. The highest BCUT2D eigenvalue weighted by atomic mass is 16.5. The summed E-state index contributed by atoms with van der Waals surface area (Å²) in [6.45, 7) is 1.99. The van der Waals surface area contributed by atoms with E-state index in [1.807, 2.05) is 6.92 Å². The lowest BCUT2D eigenvalue weighted by Crippen LogP contribution is -2.17. The predicted molar refractivity (Wildman–Crippen MR) is 51.7 cm³/mol. The van der Waals surface area contributed by atoms with Crippen LogP contribution in [0.2, 0.25) is 0 Å². The maximum absolute atomic E-state index is 11.2. The van der Waals surface area contributed by atoms with Gasteiger partial charge in [-0.2, -0.15) is 0 Å². The van der Waals surface area contributed by atoms with Crippen molar-refractivity contribution in [3.05, 3.63) is 0 Å². The van der Waals surface area contributed by atoms with E-state index in [9.17, 15) is 9.59 Å². The van der Waals surface area contributed by atoms with Crippen molar-refractivity contribution in [2.45, 2.75) is 32.6 Å². The summed E-state index contributed by atoms with van der Waals surface area (Å²) < 4.78 is 9.14. The fourth-order valence-corrected chi connectivity index (χ4v) is 1.29. The number of methoxy groups -OCH3 is 2. The Morgan fingerprint density at radius 3 is 2.21 bits per heavy atom. The van der Waals surface area contributed by atoms with Crippen molar-refractivity contribution in [3.8, 4) is 0 Å². The van der Waals surface area contributed by atoms with E-state index in [-0.39, 0.29) is 24.3 Å². The molecule has 0 radical (unpaired) electrons. The Kier molecular flexibility index (Phi) is 6.80. The van der Waals surface area contributed by atoms with Crippen LogP contribution in [-0.4, -0.2) is 26.2 Å². The van der Waals surface area contributed by atoms with Crippen LogP contribution < -0.4 is 0 Å². The largest absolute Gasteiger partial charge is 0.469 e. The molecule has 1 atom stereocenters. The van der Waals surface area contributed by atoms with Gasteiger partial charge in [0, 0.05) is 6.42 Å². The molecule has 4 nitrogen and oxygen atoms in total. The Morgan fingerprint density at radius 1 is 1.14 bits per heavy atom. The number of carbonyl (C=O) groups excluding carboxylic acids is 2. The van der Waals surface area contributed by atoms with Crippen LogP contribution >= 0.6 is 0 Å². The Labute approximate surface area is 84.6 Å². The fourth-order valence-electron chi connectivity index (χ4n) is 1.29. The zero-order valence-corrected chi connectivity index (χ0v) is 9.04. The molecular weight excluding hydrogens is 184 g/mol. The minimum Gasteiger partial charge on any atom is -0.469 e. The van der Waals surface area contributed by atoms with E-state index in [1.54, 1.807) is 0 Å². The van der Waals surface area contributed by atoms with Crippen LogP contribution in [0.4, 0.5) is 0 Å². The van der Waals surface area contributed by atoms with Gasteiger partial charge in [0.15, 0.2) is 0 Å². The van der Waals surface area contributed by atoms with E-state index in [4.69, 9.17) is 0 Å². The van der Waals surface area contributed by atoms with Crippen molar-refractivity contribution in [3.63, 3.8) is 0 Å². The summed E-state index contributed by atoms with van der Waals surface area (Å²) in [5, 5.41) is 0. The summed E-state index contributed by atoms with van der Waals surface area (Å²) >= 11 is 0. The number of ether oxygens (including phenoxy) is 2. The molecule has 0 saturated heterocycles. The molecule has 0 heterocycles. The summed E-state index contributed by atoms with van der Waals surface area (Å²) in [6.07, 6.45) is 2.44. The minimum absolute atomic E-state index is 0.177. The van der Waals surface area contributed by atoms with Crippen molar-refractivity contribution in [1.82, 2.24) is 0 Å². The summed E-state index contributed by atoms with van der Waals surface area (Å²) in [5.74, 6) is -0.699. The molecule has 0 aromatic rings. The smallest absolute Gasteiger partial charge is 0.308 e. The van der Waals surface area contributed by atoms with Gasteiger partial charge in [0.2, 0.25) is 0 Å². The zero-order valence-electron chi connectivity index (χ0n) is 9.04. The molecule has 14 heavy (non-hydrogen) atoms. The molecule has 0 aliphatic rings. The molecule has 0 aliphatic carbocycles. The SMILES string of the molecule is CCCC(CCC(=O)OC)C(=O)OC. The quantitative estimate of drug-likeness (QED) is 0.613. The number of rotatable bonds is 6. The van der Waals surface area contributed by atoms with E-state index in [2.05, 4.69) is 9.47 Å². The van der Waals surface area contributed by atoms with E-state index in [0.717, 1.165) is 12.8 Å². The van der Waals surface area contributed by atoms with Crippen LogP contribution in [0.1, 0.15) is 32.6 Å². The van der Waals surface area contributed by atoms with Gasteiger partial charge in [0.1, 0.15) is 0 Å². The van der Waals surface area contributed by atoms with Gasteiger partial charge < -0.3 is 9.47 Å². The van der Waals surface area contributed by atoms with Gasteiger partial charge in [-0.1, -0.05) is 13.3 Å². The molecule has 82 valence electrons. The van der Waals surface area contributed by atoms with Crippen molar-refractivity contribution in [1.29, 1.82) is 0 Å². The summed E-state index contributed by atoms with van der Waals surface area (Å²) in [5.41, 5.74) is 0. The zero-order chi connectivity index (χ0) is 11.0. The molecule has 0 aliphatic heterocycles. The average Bonchev–Trinajstić information content (AvgIpc) is 2.22. The molecule has 0 saturated carbocycles. The van der Waals surface area contributed by atoms with E-state index >= 15 is 0 Å². The molecule has 0 fully saturated rings. The number of hydrogen-bond acceptors (Lipinski definition) is 4. The monoisotopic (exact) mass is 202 g/mol. The van der Waals surface area contributed by atoms with E-state index in [1.165, 1.54) is 14.2 Å². The maximum Gasteiger partial charge on any atom is 0.308 e. The van der Waals surface area contributed by atoms with Gasteiger partial charge in [-0.15, -0.1) is 0 Å². The second-order valence-corrected chi connectivity index (χ2v) is 3.12. The van der Waals surface area contributed by atoms with Gasteiger partial charge in [-0.3, -0.25) is 9.59 Å². The molecule has 0 aromatic carbocycles. The van der Waals surface area contributed by atoms with Crippen LogP contribution in [0.5, 0.6) is 0 Å². The third-order valence-electron chi connectivity index (χ3n) is 2.10. The standard InChI is InChI=1S/C10H18O4/c1-4-5-8(10(12)14-3)6-7-9(11)13-2/h8H,4-7H2,1-3H3. The highest BCUT2D eigenvalue weighted by molar-refractivity contribution is 5.74. The number of hydrogen-bond donors (Lipinski definition) is 0. The van der Waals surface area contributed by atoms with Crippen molar-refractivity contribution in [2.24, 2.45) is 5.92 Å². The van der Waals surface area contributed by atoms with Crippen LogP contribution in [-0.2, 0) is 19.1 Å². The van der Waals surface area contributed by atoms with Crippen LogP contribution in [0.15, 0.2) is 0 Å². The molecule has 4 heteroatoms.